The summed E-state index contributed by atoms with van der Waals surface area (Å²) >= 11 is 0. The van der Waals surface area contributed by atoms with Gasteiger partial charge in [0.15, 0.2) is 0 Å². The highest BCUT2D eigenvalue weighted by Crippen LogP contribution is 2.23. The van der Waals surface area contributed by atoms with Gasteiger partial charge < -0.3 is 15.0 Å². The van der Waals surface area contributed by atoms with Crippen molar-refractivity contribution >= 4 is 11.6 Å². The molecule has 0 atom stereocenters. The SMILES string of the molecule is CCc1cccc(CC)c1NC(=O)CCN1CCC(N2CCOCC2)CC1. The Morgan fingerprint density at radius 2 is 1.70 bits per heavy atom. The molecule has 0 radical (unpaired) electrons. The summed E-state index contributed by atoms with van der Waals surface area (Å²) in [5.41, 5.74) is 3.50. The number of carbonyl (C=O) groups is 1. The van der Waals surface area contributed by atoms with Crippen molar-refractivity contribution in [2.24, 2.45) is 0 Å². The summed E-state index contributed by atoms with van der Waals surface area (Å²) in [6, 6.07) is 7.02. The number of hydrogen-bond acceptors (Lipinski definition) is 4. The monoisotopic (exact) mass is 373 g/mol. The van der Waals surface area contributed by atoms with Gasteiger partial charge in [0, 0.05) is 37.8 Å². The average Bonchev–Trinajstić information content (AvgIpc) is 2.73. The van der Waals surface area contributed by atoms with Crippen LogP contribution in [0.2, 0.25) is 0 Å². The number of nitrogens with zero attached hydrogens (tertiary/aromatic N) is 2. The van der Waals surface area contributed by atoms with Gasteiger partial charge in [-0.25, -0.2) is 0 Å². The highest BCUT2D eigenvalue weighted by atomic mass is 16.5. The average molecular weight is 374 g/mol. The lowest BCUT2D eigenvalue weighted by Gasteiger charge is -2.40. The summed E-state index contributed by atoms with van der Waals surface area (Å²) in [4.78, 5) is 17.6. The van der Waals surface area contributed by atoms with Crippen LogP contribution in [0.3, 0.4) is 0 Å². The third-order valence-electron chi connectivity index (χ3n) is 6.04. The van der Waals surface area contributed by atoms with Crippen molar-refractivity contribution in [3.63, 3.8) is 0 Å². The Kier molecular flexibility index (Phi) is 7.68. The van der Waals surface area contributed by atoms with Crippen molar-refractivity contribution in [1.29, 1.82) is 0 Å². The van der Waals surface area contributed by atoms with Crippen LogP contribution >= 0.6 is 0 Å². The van der Waals surface area contributed by atoms with Gasteiger partial charge in [0.05, 0.1) is 13.2 Å². The zero-order chi connectivity index (χ0) is 19.1. The molecule has 2 heterocycles. The number of anilines is 1. The first-order chi connectivity index (χ1) is 13.2. The molecule has 5 nitrogen and oxygen atoms in total. The first-order valence-corrected chi connectivity index (χ1v) is 10.7. The van der Waals surface area contributed by atoms with Gasteiger partial charge in [-0.15, -0.1) is 0 Å². The van der Waals surface area contributed by atoms with Crippen LogP contribution in [-0.4, -0.2) is 67.7 Å². The Bertz CT molecular complexity index is 583. The number of nitrogens with one attached hydrogen (secondary N) is 1. The molecule has 0 aromatic heterocycles. The molecule has 1 amide bonds. The summed E-state index contributed by atoms with van der Waals surface area (Å²) < 4.78 is 5.46. The minimum Gasteiger partial charge on any atom is -0.379 e. The standard InChI is InChI=1S/C22H35N3O2/c1-3-18-6-5-7-19(4-2)22(18)23-21(26)10-13-24-11-8-20(9-12-24)25-14-16-27-17-15-25/h5-7,20H,3-4,8-17H2,1-2H3,(H,23,26). The lowest BCUT2D eigenvalue weighted by molar-refractivity contribution is -0.116. The summed E-state index contributed by atoms with van der Waals surface area (Å²) in [7, 11) is 0. The third kappa shape index (κ3) is 5.53. The third-order valence-corrected chi connectivity index (χ3v) is 6.04. The van der Waals surface area contributed by atoms with E-state index in [1.165, 1.54) is 24.0 Å². The Hall–Kier alpha value is -1.43. The van der Waals surface area contributed by atoms with Crippen LogP contribution in [0.5, 0.6) is 0 Å². The Balaban J connectivity index is 1.44. The first kappa shape index (κ1) is 20.3. The van der Waals surface area contributed by atoms with Gasteiger partial charge in [-0.2, -0.15) is 0 Å². The molecule has 1 N–H and O–H groups in total. The Morgan fingerprint density at radius 1 is 1.07 bits per heavy atom. The van der Waals surface area contributed by atoms with E-state index in [1.807, 2.05) is 0 Å². The van der Waals surface area contributed by atoms with E-state index in [-0.39, 0.29) is 5.91 Å². The van der Waals surface area contributed by atoms with Crippen LogP contribution in [0.15, 0.2) is 18.2 Å². The van der Waals surface area contributed by atoms with E-state index in [0.717, 1.165) is 64.5 Å². The molecule has 0 spiro atoms. The maximum Gasteiger partial charge on any atom is 0.225 e. The number of carbonyl (C=O) groups excluding carboxylic acids is 1. The van der Waals surface area contributed by atoms with Crippen molar-refractivity contribution in [2.75, 3.05) is 51.3 Å². The molecule has 27 heavy (non-hydrogen) atoms. The van der Waals surface area contributed by atoms with Gasteiger partial charge in [-0.3, -0.25) is 9.69 Å². The van der Waals surface area contributed by atoms with Crippen molar-refractivity contribution in [3.05, 3.63) is 29.3 Å². The number of aryl methyl sites for hydroxylation is 2. The van der Waals surface area contributed by atoms with Crippen molar-refractivity contribution in [1.82, 2.24) is 9.80 Å². The normalized spacial score (nSPS) is 19.9. The fourth-order valence-corrected chi connectivity index (χ4v) is 4.32. The van der Waals surface area contributed by atoms with Crippen molar-refractivity contribution < 1.29 is 9.53 Å². The van der Waals surface area contributed by atoms with Crippen molar-refractivity contribution in [3.8, 4) is 0 Å². The molecule has 2 saturated heterocycles. The summed E-state index contributed by atoms with van der Waals surface area (Å²) in [5, 5.41) is 3.19. The number of benzene rings is 1. The second-order valence-electron chi connectivity index (χ2n) is 7.68. The largest absolute Gasteiger partial charge is 0.379 e. The molecule has 150 valence electrons. The zero-order valence-corrected chi connectivity index (χ0v) is 17.0. The lowest BCUT2D eigenvalue weighted by Crippen LogP contribution is -2.49. The van der Waals surface area contributed by atoms with E-state index in [2.05, 4.69) is 47.2 Å². The predicted molar refractivity (Wildman–Crippen MR) is 110 cm³/mol. The maximum absolute atomic E-state index is 12.5. The number of rotatable bonds is 7. The second kappa shape index (κ2) is 10.2. The number of morpholine rings is 1. The molecule has 0 bridgehead atoms. The van der Waals surface area contributed by atoms with E-state index in [9.17, 15) is 4.79 Å². The molecule has 2 fully saturated rings. The second-order valence-corrected chi connectivity index (χ2v) is 7.68. The highest BCUT2D eigenvalue weighted by Gasteiger charge is 2.25. The van der Waals surface area contributed by atoms with E-state index >= 15 is 0 Å². The van der Waals surface area contributed by atoms with E-state index < -0.39 is 0 Å². The summed E-state index contributed by atoms with van der Waals surface area (Å²) in [6.07, 6.45) is 4.88. The lowest BCUT2D eigenvalue weighted by atomic mass is 10.0. The number of amides is 1. The van der Waals surface area contributed by atoms with Crippen LogP contribution < -0.4 is 5.32 Å². The fraction of sp³-hybridized carbons (Fsp3) is 0.682. The maximum atomic E-state index is 12.5. The van der Waals surface area contributed by atoms with Gasteiger partial charge in [0.2, 0.25) is 5.91 Å². The summed E-state index contributed by atoms with van der Waals surface area (Å²) in [6.45, 7) is 11.2. The predicted octanol–water partition coefficient (Wildman–Crippen LogP) is 2.94. The van der Waals surface area contributed by atoms with Gasteiger partial charge in [0.1, 0.15) is 0 Å². The zero-order valence-electron chi connectivity index (χ0n) is 17.0. The van der Waals surface area contributed by atoms with Crippen molar-refractivity contribution in [2.45, 2.75) is 52.0 Å². The number of ether oxygens (including phenoxy) is 1. The highest BCUT2D eigenvalue weighted by molar-refractivity contribution is 5.92. The molecule has 5 heteroatoms. The molecular formula is C22H35N3O2. The Morgan fingerprint density at radius 3 is 2.30 bits per heavy atom. The van der Waals surface area contributed by atoms with Gasteiger partial charge in [-0.05, 0) is 49.9 Å². The Labute approximate surface area is 164 Å². The molecular weight excluding hydrogens is 338 g/mol. The molecule has 2 aliphatic heterocycles. The fourth-order valence-electron chi connectivity index (χ4n) is 4.32. The van der Waals surface area contributed by atoms with Gasteiger partial charge >= 0.3 is 0 Å². The van der Waals surface area contributed by atoms with Gasteiger partial charge in [0.25, 0.3) is 0 Å². The first-order valence-electron chi connectivity index (χ1n) is 10.7. The van der Waals surface area contributed by atoms with Gasteiger partial charge in [-0.1, -0.05) is 32.0 Å². The van der Waals surface area contributed by atoms with E-state index in [0.29, 0.717) is 12.5 Å². The van der Waals surface area contributed by atoms with Crippen LogP contribution in [0.4, 0.5) is 5.69 Å². The molecule has 0 unspecified atom stereocenters. The number of hydrogen-bond donors (Lipinski definition) is 1. The van der Waals surface area contributed by atoms with Crippen LogP contribution in [-0.2, 0) is 22.4 Å². The molecule has 1 aromatic rings. The minimum atomic E-state index is 0.140. The molecule has 1 aromatic carbocycles. The minimum absolute atomic E-state index is 0.140. The molecule has 2 aliphatic rings. The van der Waals surface area contributed by atoms with E-state index in [1.54, 1.807) is 0 Å². The van der Waals surface area contributed by atoms with Crippen LogP contribution in [0.1, 0.15) is 44.2 Å². The molecule has 0 aliphatic carbocycles. The van der Waals surface area contributed by atoms with Crippen LogP contribution in [0.25, 0.3) is 0 Å². The topological polar surface area (TPSA) is 44.8 Å². The summed E-state index contributed by atoms with van der Waals surface area (Å²) in [5.74, 6) is 0.140. The quantitative estimate of drug-likeness (QED) is 0.798. The number of piperidine rings is 1. The number of para-hydroxylation sites is 1. The van der Waals surface area contributed by atoms with E-state index in [4.69, 9.17) is 4.74 Å². The smallest absolute Gasteiger partial charge is 0.225 e. The molecule has 0 saturated carbocycles. The molecule has 3 rings (SSSR count). The van der Waals surface area contributed by atoms with Crippen LogP contribution in [0, 0.1) is 0 Å². The number of likely N-dealkylation sites (tertiary alicyclic amines) is 1.